The number of amides is 1. The molecule has 14 heavy (non-hydrogen) atoms. The van der Waals surface area contributed by atoms with Crippen LogP contribution in [0.25, 0.3) is 0 Å². The maximum atomic E-state index is 11.5. The first-order chi connectivity index (χ1) is 6.70. The second-order valence-electron chi connectivity index (χ2n) is 3.25. The molecule has 0 bridgehead atoms. The molecule has 1 fully saturated rings. The molecule has 1 aliphatic heterocycles. The van der Waals surface area contributed by atoms with Crippen LogP contribution < -0.4 is 5.73 Å². The molecule has 0 aromatic heterocycles. The minimum absolute atomic E-state index is 0.00639. The molecule has 1 unspecified atom stereocenters. The van der Waals surface area contributed by atoms with E-state index in [4.69, 9.17) is 5.73 Å². The summed E-state index contributed by atoms with van der Waals surface area (Å²) >= 11 is 0. The summed E-state index contributed by atoms with van der Waals surface area (Å²) in [5.41, 5.74) is 5.49. The van der Waals surface area contributed by atoms with Crippen LogP contribution in [0, 0.1) is 0 Å². The lowest BCUT2D eigenvalue weighted by atomic mass is 10.2. The highest BCUT2D eigenvalue weighted by Crippen LogP contribution is 2.16. The summed E-state index contributed by atoms with van der Waals surface area (Å²) in [5.74, 6) is -1.33. The number of nitrogens with zero attached hydrogens (tertiary/aromatic N) is 1. The third kappa shape index (κ3) is 2.23. The molecule has 0 spiro atoms. The molecule has 1 aliphatic rings. The predicted octanol–water partition coefficient (Wildman–Crippen LogP) is -0.501. The van der Waals surface area contributed by atoms with Crippen LogP contribution in [0.3, 0.4) is 0 Å². The van der Waals surface area contributed by atoms with Gasteiger partial charge in [0, 0.05) is 19.1 Å². The van der Waals surface area contributed by atoms with Gasteiger partial charge in [0.15, 0.2) is 0 Å². The molecular formula is C9H16N2O3. The maximum absolute atomic E-state index is 11.5. The van der Waals surface area contributed by atoms with E-state index in [2.05, 4.69) is 4.74 Å². The molecule has 0 aliphatic carbocycles. The number of carbonyl (C=O) groups excluding carboxylic acids is 2. The van der Waals surface area contributed by atoms with Gasteiger partial charge in [-0.15, -0.1) is 0 Å². The molecule has 1 atom stereocenters. The quantitative estimate of drug-likeness (QED) is 0.481. The normalized spacial score (nSPS) is 21.0. The third-order valence-corrected chi connectivity index (χ3v) is 2.36. The van der Waals surface area contributed by atoms with Crippen molar-refractivity contribution >= 4 is 11.9 Å². The summed E-state index contributed by atoms with van der Waals surface area (Å²) < 4.78 is 4.64. The van der Waals surface area contributed by atoms with Crippen LogP contribution in [0.15, 0.2) is 0 Å². The molecule has 1 heterocycles. The van der Waals surface area contributed by atoms with E-state index in [9.17, 15) is 9.59 Å². The van der Waals surface area contributed by atoms with Gasteiger partial charge in [-0.05, 0) is 19.8 Å². The van der Waals surface area contributed by atoms with Gasteiger partial charge in [0.2, 0.25) is 0 Å². The number of hydrogen-bond donors (Lipinski definition) is 1. The monoisotopic (exact) mass is 200 g/mol. The van der Waals surface area contributed by atoms with E-state index in [1.807, 2.05) is 0 Å². The second kappa shape index (κ2) is 4.95. The van der Waals surface area contributed by atoms with Crippen LogP contribution in [0.1, 0.15) is 19.8 Å². The van der Waals surface area contributed by atoms with E-state index in [1.54, 1.807) is 6.92 Å². The molecule has 5 heteroatoms. The van der Waals surface area contributed by atoms with E-state index in [-0.39, 0.29) is 12.6 Å². The van der Waals surface area contributed by atoms with Gasteiger partial charge >= 0.3 is 11.9 Å². The molecular weight excluding hydrogens is 184 g/mol. The fraction of sp³-hybridized carbons (Fsp3) is 0.778. The van der Waals surface area contributed by atoms with Crippen molar-refractivity contribution in [3.8, 4) is 0 Å². The lowest BCUT2D eigenvalue weighted by molar-refractivity contribution is -0.160. The van der Waals surface area contributed by atoms with Gasteiger partial charge in [-0.1, -0.05) is 0 Å². The zero-order chi connectivity index (χ0) is 10.6. The van der Waals surface area contributed by atoms with Crippen LogP contribution in [0.2, 0.25) is 0 Å². The highest BCUT2D eigenvalue weighted by molar-refractivity contribution is 6.32. The average molecular weight is 200 g/mol. The van der Waals surface area contributed by atoms with E-state index in [0.717, 1.165) is 12.8 Å². The molecule has 0 saturated carbocycles. The van der Waals surface area contributed by atoms with Gasteiger partial charge in [-0.25, -0.2) is 4.79 Å². The SMILES string of the molecule is CCOC(=O)C(=O)N1CCCC1CN. The zero-order valence-electron chi connectivity index (χ0n) is 8.36. The first kappa shape index (κ1) is 11.0. The highest BCUT2D eigenvalue weighted by Gasteiger charge is 2.32. The van der Waals surface area contributed by atoms with Gasteiger partial charge < -0.3 is 15.4 Å². The minimum atomic E-state index is -0.771. The number of rotatable bonds is 2. The Labute approximate surface area is 83.2 Å². The van der Waals surface area contributed by atoms with Gasteiger partial charge in [0.25, 0.3) is 0 Å². The second-order valence-corrected chi connectivity index (χ2v) is 3.25. The number of likely N-dealkylation sites (tertiary alicyclic amines) is 1. The van der Waals surface area contributed by atoms with E-state index < -0.39 is 11.9 Å². The van der Waals surface area contributed by atoms with Crippen molar-refractivity contribution in [2.24, 2.45) is 5.73 Å². The topological polar surface area (TPSA) is 72.6 Å². The summed E-state index contributed by atoms with van der Waals surface area (Å²) in [7, 11) is 0. The van der Waals surface area contributed by atoms with Crippen LogP contribution in [0.4, 0.5) is 0 Å². The zero-order valence-corrected chi connectivity index (χ0v) is 8.36. The first-order valence-corrected chi connectivity index (χ1v) is 4.88. The van der Waals surface area contributed by atoms with Crippen molar-refractivity contribution in [1.29, 1.82) is 0 Å². The van der Waals surface area contributed by atoms with E-state index in [1.165, 1.54) is 4.90 Å². The number of hydrogen-bond acceptors (Lipinski definition) is 4. The molecule has 0 aromatic rings. The van der Waals surface area contributed by atoms with Gasteiger partial charge in [0.05, 0.1) is 6.61 Å². The Bertz CT molecular complexity index is 230. The summed E-state index contributed by atoms with van der Waals surface area (Å²) in [6, 6.07) is 0.00639. The highest BCUT2D eigenvalue weighted by atomic mass is 16.5. The summed E-state index contributed by atoms with van der Waals surface area (Å²) in [5, 5.41) is 0. The Hall–Kier alpha value is -1.10. The van der Waals surface area contributed by atoms with Crippen molar-refractivity contribution in [3.05, 3.63) is 0 Å². The van der Waals surface area contributed by atoms with Gasteiger partial charge in [-0.2, -0.15) is 0 Å². The molecule has 0 radical (unpaired) electrons. The predicted molar refractivity (Wildman–Crippen MR) is 50.4 cm³/mol. The molecule has 1 rings (SSSR count). The Morgan fingerprint density at radius 2 is 2.29 bits per heavy atom. The fourth-order valence-corrected chi connectivity index (χ4v) is 1.66. The molecule has 2 N–H and O–H groups in total. The van der Waals surface area contributed by atoms with Crippen molar-refractivity contribution in [2.45, 2.75) is 25.8 Å². The summed E-state index contributed by atoms with van der Waals surface area (Å²) in [6.07, 6.45) is 1.79. The molecule has 1 saturated heterocycles. The largest absolute Gasteiger partial charge is 0.459 e. The van der Waals surface area contributed by atoms with Crippen molar-refractivity contribution < 1.29 is 14.3 Å². The molecule has 80 valence electrons. The lowest BCUT2D eigenvalue weighted by Crippen LogP contribution is -2.44. The van der Waals surface area contributed by atoms with Gasteiger partial charge in [0.1, 0.15) is 0 Å². The molecule has 1 amide bonds. The minimum Gasteiger partial charge on any atom is -0.459 e. The molecule has 0 aromatic carbocycles. The maximum Gasteiger partial charge on any atom is 0.397 e. The van der Waals surface area contributed by atoms with E-state index >= 15 is 0 Å². The Balaban J connectivity index is 2.55. The van der Waals surface area contributed by atoms with Gasteiger partial charge in [-0.3, -0.25) is 4.79 Å². The lowest BCUT2D eigenvalue weighted by Gasteiger charge is -2.21. The standard InChI is InChI=1S/C9H16N2O3/c1-2-14-9(13)8(12)11-5-3-4-7(11)6-10/h7H,2-6,10H2,1H3. The Morgan fingerprint density at radius 1 is 1.57 bits per heavy atom. The molecule has 5 nitrogen and oxygen atoms in total. The van der Waals surface area contributed by atoms with Crippen molar-refractivity contribution in [3.63, 3.8) is 0 Å². The number of nitrogens with two attached hydrogens (primary N) is 1. The van der Waals surface area contributed by atoms with Crippen LogP contribution in [-0.2, 0) is 14.3 Å². The first-order valence-electron chi connectivity index (χ1n) is 4.88. The van der Waals surface area contributed by atoms with Crippen molar-refractivity contribution in [1.82, 2.24) is 4.90 Å². The van der Waals surface area contributed by atoms with E-state index in [0.29, 0.717) is 13.1 Å². The summed E-state index contributed by atoms with van der Waals surface area (Å²) in [4.78, 5) is 24.1. The number of carbonyl (C=O) groups is 2. The van der Waals surface area contributed by atoms with Crippen molar-refractivity contribution in [2.75, 3.05) is 19.7 Å². The third-order valence-electron chi connectivity index (χ3n) is 2.36. The Morgan fingerprint density at radius 3 is 2.86 bits per heavy atom. The number of ether oxygens (including phenoxy) is 1. The smallest absolute Gasteiger partial charge is 0.397 e. The Kier molecular flexibility index (Phi) is 3.88. The van der Waals surface area contributed by atoms with Crippen LogP contribution in [-0.4, -0.2) is 42.5 Å². The van der Waals surface area contributed by atoms with Crippen LogP contribution >= 0.6 is 0 Å². The average Bonchev–Trinajstić information content (AvgIpc) is 2.64. The fourth-order valence-electron chi connectivity index (χ4n) is 1.66. The van der Waals surface area contributed by atoms with Crippen LogP contribution in [0.5, 0.6) is 0 Å². The number of esters is 1. The summed E-state index contributed by atoms with van der Waals surface area (Å²) in [6.45, 7) is 2.92.